The molecule has 12 heteroatoms. The Morgan fingerprint density at radius 3 is 2.54 bits per heavy atom. The van der Waals surface area contributed by atoms with Crippen LogP contribution >= 0.6 is 11.3 Å². The molecular formula is C12H12F6N2O3S. The van der Waals surface area contributed by atoms with Crippen molar-refractivity contribution in [2.45, 2.75) is 44.4 Å². The van der Waals surface area contributed by atoms with Crippen molar-refractivity contribution < 1.29 is 41.0 Å². The number of hydrogen-bond donors (Lipinski definition) is 1. The maximum atomic E-state index is 12.3. The van der Waals surface area contributed by atoms with Crippen LogP contribution in [0.1, 0.15) is 17.0 Å². The molecule has 1 atom stereocenters. The maximum Gasteiger partial charge on any atom is 0.522 e. The monoisotopic (exact) mass is 378 g/mol. The van der Waals surface area contributed by atoms with Gasteiger partial charge in [-0.2, -0.15) is 18.2 Å². The van der Waals surface area contributed by atoms with E-state index in [1.165, 1.54) is 4.57 Å². The van der Waals surface area contributed by atoms with Crippen LogP contribution in [0, 0.1) is 0 Å². The quantitative estimate of drug-likeness (QED) is 0.818. The van der Waals surface area contributed by atoms with Crippen LogP contribution in [0.4, 0.5) is 26.3 Å². The van der Waals surface area contributed by atoms with E-state index in [1.807, 2.05) is 0 Å². The van der Waals surface area contributed by atoms with Gasteiger partial charge in [0.05, 0.1) is 12.7 Å². The molecule has 1 unspecified atom stereocenters. The summed E-state index contributed by atoms with van der Waals surface area (Å²) in [5, 5.41) is 9.02. The number of hydrogen-bond acceptors (Lipinski definition) is 4. The van der Waals surface area contributed by atoms with Crippen molar-refractivity contribution in [3.63, 3.8) is 0 Å². The van der Waals surface area contributed by atoms with Crippen LogP contribution < -0.4 is 4.80 Å². The summed E-state index contributed by atoms with van der Waals surface area (Å²) in [4.78, 5) is 14.1. The first-order chi connectivity index (χ1) is 11.0. The number of amides is 1. The number of alkyl halides is 6. The second-order valence-electron chi connectivity index (χ2n) is 4.97. The lowest BCUT2D eigenvalue weighted by Gasteiger charge is -2.24. The Morgan fingerprint density at radius 1 is 1.33 bits per heavy atom. The summed E-state index contributed by atoms with van der Waals surface area (Å²) in [6, 6.07) is 0. The first-order valence-electron chi connectivity index (χ1n) is 6.74. The van der Waals surface area contributed by atoms with E-state index < -0.39 is 31.2 Å². The van der Waals surface area contributed by atoms with Crippen molar-refractivity contribution >= 4 is 17.2 Å². The van der Waals surface area contributed by atoms with E-state index in [0.717, 1.165) is 0 Å². The Hall–Kier alpha value is -1.40. The van der Waals surface area contributed by atoms with Crippen LogP contribution in [-0.4, -0.2) is 40.8 Å². The summed E-state index contributed by atoms with van der Waals surface area (Å²) in [5.74, 6) is -2.31. The van der Waals surface area contributed by atoms with E-state index in [0.29, 0.717) is 21.9 Å². The molecule has 1 heterocycles. The number of nitrogens with zero attached hydrogens (tertiary/aromatic N) is 2. The van der Waals surface area contributed by atoms with Crippen LogP contribution in [-0.2, 0) is 28.9 Å². The SMILES string of the molecule is O=C(/N=c1\sc2c(n1CCO)CCC(OC(F)(F)F)C2)C(F)(F)F. The predicted octanol–water partition coefficient (Wildman–Crippen LogP) is 1.93. The van der Waals surface area contributed by atoms with Gasteiger partial charge in [-0.3, -0.25) is 9.53 Å². The summed E-state index contributed by atoms with van der Waals surface area (Å²) in [6.45, 7) is -0.528. The first-order valence-corrected chi connectivity index (χ1v) is 7.55. The topological polar surface area (TPSA) is 63.8 Å². The molecule has 0 spiro atoms. The standard InChI is InChI=1S/C12H12F6N2O3S/c13-11(14,15)9(22)19-10-20(3-4-21)7-2-1-6(5-8(7)24-10)23-12(16,17)18/h6,21H,1-5H2/b19-10-. The van der Waals surface area contributed by atoms with Crippen molar-refractivity contribution in [2.24, 2.45) is 4.99 Å². The van der Waals surface area contributed by atoms with Gasteiger partial charge in [0.25, 0.3) is 0 Å². The minimum atomic E-state index is -5.15. The van der Waals surface area contributed by atoms with E-state index >= 15 is 0 Å². The molecule has 1 N–H and O–H groups in total. The normalized spacial score (nSPS) is 19.5. The molecule has 1 aromatic heterocycles. The number of ether oxygens (including phenoxy) is 1. The van der Waals surface area contributed by atoms with Crippen molar-refractivity contribution in [3.05, 3.63) is 15.4 Å². The van der Waals surface area contributed by atoms with Gasteiger partial charge in [0.1, 0.15) is 0 Å². The van der Waals surface area contributed by atoms with E-state index in [9.17, 15) is 31.1 Å². The van der Waals surface area contributed by atoms with Crippen molar-refractivity contribution in [2.75, 3.05) is 6.61 Å². The molecule has 0 saturated carbocycles. The summed E-state index contributed by atoms with van der Waals surface area (Å²) in [5.41, 5.74) is 0.463. The van der Waals surface area contributed by atoms with Gasteiger partial charge in [-0.25, -0.2) is 0 Å². The third kappa shape index (κ3) is 4.57. The van der Waals surface area contributed by atoms with E-state index in [4.69, 9.17) is 5.11 Å². The van der Waals surface area contributed by atoms with Gasteiger partial charge in [0.15, 0.2) is 4.80 Å². The smallest absolute Gasteiger partial charge is 0.395 e. The largest absolute Gasteiger partial charge is 0.522 e. The van der Waals surface area contributed by atoms with Gasteiger partial charge >= 0.3 is 18.4 Å². The van der Waals surface area contributed by atoms with Gasteiger partial charge in [-0.15, -0.1) is 24.5 Å². The molecule has 5 nitrogen and oxygen atoms in total. The lowest BCUT2D eigenvalue weighted by atomic mass is 10.00. The van der Waals surface area contributed by atoms with E-state index in [-0.39, 0.29) is 30.6 Å². The average Bonchev–Trinajstić information content (AvgIpc) is 2.73. The molecule has 0 fully saturated rings. The van der Waals surface area contributed by atoms with E-state index in [2.05, 4.69) is 9.73 Å². The molecule has 1 aliphatic rings. The van der Waals surface area contributed by atoms with Gasteiger partial charge in [0.2, 0.25) is 0 Å². The fourth-order valence-corrected chi connectivity index (χ4v) is 3.64. The Morgan fingerprint density at radius 2 is 2.00 bits per heavy atom. The Balaban J connectivity index is 2.36. The zero-order valence-corrected chi connectivity index (χ0v) is 12.8. The Labute approximate surface area is 135 Å². The van der Waals surface area contributed by atoms with Crippen LogP contribution in [0.25, 0.3) is 0 Å². The highest BCUT2D eigenvalue weighted by Crippen LogP contribution is 2.30. The summed E-state index contributed by atoms with van der Waals surface area (Å²) in [7, 11) is 0. The van der Waals surface area contributed by atoms with Crippen LogP contribution in [0.3, 0.4) is 0 Å². The third-order valence-corrected chi connectivity index (χ3v) is 4.42. The highest BCUT2D eigenvalue weighted by Gasteiger charge is 2.39. The van der Waals surface area contributed by atoms with Gasteiger partial charge < -0.3 is 9.67 Å². The number of carbonyl (C=O) groups is 1. The summed E-state index contributed by atoms with van der Waals surface area (Å²) >= 11 is 0.693. The molecule has 2 rings (SSSR count). The number of fused-ring (bicyclic) bond motifs is 1. The Kier molecular flexibility index (Phi) is 5.40. The number of thiazole rings is 1. The average molecular weight is 378 g/mol. The first kappa shape index (κ1) is 18.9. The fourth-order valence-electron chi connectivity index (χ4n) is 2.38. The molecule has 1 aromatic rings. The predicted molar refractivity (Wildman–Crippen MR) is 69.0 cm³/mol. The van der Waals surface area contributed by atoms with E-state index in [1.54, 1.807) is 0 Å². The second kappa shape index (κ2) is 6.84. The number of rotatable bonds is 3. The molecule has 1 aliphatic carbocycles. The highest BCUT2D eigenvalue weighted by atomic mass is 32.1. The summed E-state index contributed by atoms with van der Waals surface area (Å²) in [6.07, 6.45) is -11.1. The lowest BCUT2D eigenvalue weighted by Crippen LogP contribution is -2.30. The molecule has 0 aliphatic heterocycles. The minimum Gasteiger partial charge on any atom is -0.395 e. The van der Waals surface area contributed by atoms with Crippen LogP contribution in [0.15, 0.2) is 4.99 Å². The zero-order chi connectivity index (χ0) is 18.1. The molecule has 136 valence electrons. The Bertz CT molecular complexity index is 676. The molecular weight excluding hydrogens is 366 g/mol. The number of halogens is 6. The number of aromatic nitrogens is 1. The number of aliphatic hydroxyl groups excluding tert-OH is 1. The number of carbonyl (C=O) groups excluding carboxylic acids is 1. The van der Waals surface area contributed by atoms with Crippen LogP contribution in [0.5, 0.6) is 0 Å². The molecule has 0 radical (unpaired) electrons. The molecule has 0 saturated heterocycles. The molecule has 24 heavy (non-hydrogen) atoms. The zero-order valence-electron chi connectivity index (χ0n) is 11.9. The van der Waals surface area contributed by atoms with Crippen molar-refractivity contribution in [3.8, 4) is 0 Å². The molecule has 1 amide bonds. The molecule has 0 aromatic carbocycles. The van der Waals surface area contributed by atoms with Crippen molar-refractivity contribution in [1.82, 2.24) is 4.57 Å². The maximum absolute atomic E-state index is 12.3. The van der Waals surface area contributed by atoms with Crippen LogP contribution in [0.2, 0.25) is 0 Å². The van der Waals surface area contributed by atoms with Gasteiger partial charge in [-0.1, -0.05) is 0 Å². The van der Waals surface area contributed by atoms with Crippen molar-refractivity contribution in [1.29, 1.82) is 0 Å². The van der Waals surface area contributed by atoms with Gasteiger partial charge in [0, 0.05) is 23.5 Å². The lowest BCUT2D eigenvalue weighted by molar-refractivity contribution is -0.343. The number of aliphatic hydroxyl groups is 1. The summed E-state index contributed by atoms with van der Waals surface area (Å²) < 4.78 is 79.0. The second-order valence-corrected chi connectivity index (χ2v) is 6.03. The minimum absolute atomic E-state index is 0.0152. The highest BCUT2D eigenvalue weighted by molar-refractivity contribution is 7.09. The van der Waals surface area contributed by atoms with Gasteiger partial charge in [-0.05, 0) is 12.8 Å². The fraction of sp³-hybridized carbons (Fsp3) is 0.667. The third-order valence-electron chi connectivity index (χ3n) is 3.27. The molecule has 0 bridgehead atoms.